The fourth-order valence-corrected chi connectivity index (χ4v) is 3.01. The van der Waals surface area contributed by atoms with Gasteiger partial charge in [0, 0.05) is 17.4 Å². The van der Waals surface area contributed by atoms with Crippen LogP contribution in [-0.2, 0) is 0 Å². The zero-order valence-corrected chi connectivity index (χ0v) is 14.1. The largest absolute Gasteiger partial charge is 0.494 e. The standard InChI is InChI=1S/C21H15N3O3/c25-19-18(20(26)24-21(27)23-19)16(13-6-2-1-3-7-13)11-10-14-12-22-17-9-5-4-8-15(14)17/h1-12H,(H3,23,24,25,26,27). The molecule has 0 aliphatic carbocycles. The third-order valence-electron chi connectivity index (χ3n) is 4.26. The van der Waals surface area contributed by atoms with Crippen LogP contribution in [0.15, 0.2) is 81.3 Å². The first kappa shape index (κ1) is 16.5. The van der Waals surface area contributed by atoms with E-state index in [1.165, 1.54) is 0 Å². The third-order valence-corrected chi connectivity index (χ3v) is 4.26. The molecule has 0 fully saturated rings. The predicted molar refractivity (Wildman–Crippen MR) is 105 cm³/mol. The van der Waals surface area contributed by atoms with Crippen molar-refractivity contribution < 1.29 is 5.11 Å². The van der Waals surface area contributed by atoms with E-state index < -0.39 is 17.1 Å². The van der Waals surface area contributed by atoms with Gasteiger partial charge in [-0.3, -0.25) is 19.8 Å². The summed E-state index contributed by atoms with van der Waals surface area (Å²) in [6, 6.07) is 16.9. The van der Waals surface area contributed by atoms with Crippen LogP contribution >= 0.6 is 0 Å². The lowest BCUT2D eigenvalue weighted by Gasteiger charge is -2.08. The molecule has 3 aromatic rings. The first-order valence-corrected chi connectivity index (χ1v) is 8.30. The molecule has 1 aliphatic rings. The zero-order chi connectivity index (χ0) is 18.8. The Morgan fingerprint density at radius 1 is 0.963 bits per heavy atom. The number of fused-ring (bicyclic) bond motifs is 1. The Labute approximate surface area is 153 Å². The van der Waals surface area contributed by atoms with Crippen molar-refractivity contribution in [2.75, 3.05) is 0 Å². The molecule has 0 saturated carbocycles. The molecule has 0 radical (unpaired) electrons. The van der Waals surface area contributed by atoms with Gasteiger partial charge >= 0.3 is 5.69 Å². The van der Waals surface area contributed by atoms with Gasteiger partial charge in [0.25, 0.3) is 5.56 Å². The molecule has 0 bridgehead atoms. The van der Waals surface area contributed by atoms with Crippen molar-refractivity contribution in [2.45, 2.75) is 0 Å². The van der Waals surface area contributed by atoms with E-state index in [2.05, 4.69) is 15.0 Å². The number of para-hydroxylation sites is 1. The van der Waals surface area contributed by atoms with E-state index >= 15 is 0 Å². The number of nitrogens with one attached hydrogen (secondary N) is 2. The summed E-state index contributed by atoms with van der Waals surface area (Å²) in [7, 11) is 0. The Bertz CT molecular complexity index is 1220. The Balaban J connectivity index is 1.90. The maximum Gasteiger partial charge on any atom is 0.328 e. The lowest BCUT2D eigenvalue weighted by molar-refractivity contribution is 0.446. The molecular formula is C21H15N3O3. The van der Waals surface area contributed by atoms with E-state index in [0.717, 1.165) is 22.4 Å². The Hall–Kier alpha value is -3.93. The molecule has 0 atom stereocenters. The highest BCUT2D eigenvalue weighted by molar-refractivity contribution is 6.17. The number of hydrogen-bond donors (Lipinski definition) is 3. The van der Waals surface area contributed by atoms with Gasteiger partial charge in [0.05, 0.1) is 5.69 Å². The highest BCUT2D eigenvalue weighted by Gasteiger charge is 2.16. The number of nitrogens with zero attached hydrogens (tertiary/aromatic N) is 1. The van der Waals surface area contributed by atoms with Crippen LogP contribution in [0, 0.1) is 0 Å². The first-order valence-electron chi connectivity index (χ1n) is 8.30. The summed E-state index contributed by atoms with van der Waals surface area (Å²) in [5, 5.41) is 10.2. The van der Waals surface area contributed by atoms with Crippen LogP contribution in [0.1, 0.15) is 16.7 Å². The van der Waals surface area contributed by atoms with Crippen molar-refractivity contribution in [1.29, 1.82) is 0 Å². The van der Waals surface area contributed by atoms with Crippen LogP contribution < -0.4 is 11.2 Å². The summed E-state index contributed by atoms with van der Waals surface area (Å²) < 4.78 is 0. The van der Waals surface area contributed by atoms with Crippen molar-refractivity contribution in [1.82, 2.24) is 9.97 Å². The highest BCUT2D eigenvalue weighted by Crippen LogP contribution is 2.32. The molecule has 132 valence electrons. The van der Waals surface area contributed by atoms with E-state index in [-0.39, 0.29) is 5.56 Å². The van der Waals surface area contributed by atoms with Crippen LogP contribution in [0.3, 0.4) is 0 Å². The number of aliphatic imine (C=N–C) groups is 1. The van der Waals surface area contributed by atoms with Gasteiger partial charge in [0.2, 0.25) is 5.88 Å². The number of aromatic amines is 2. The minimum atomic E-state index is -0.760. The molecule has 4 rings (SSSR count). The lowest BCUT2D eigenvalue weighted by Crippen LogP contribution is -2.24. The van der Waals surface area contributed by atoms with E-state index in [4.69, 9.17) is 0 Å². The van der Waals surface area contributed by atoms with Crippen LogP contribution in [0.2, 0.25) is 0 Å². The molecule has 2 aromatic carbocycles. The molecule has 0 amide bonds. The van der Waals surface area contributed by atoms with Crippen molar-refractivity contribution in [3.8, 4) is 5.88 Å². The van der Waals surface area contributed by atoms with Crippen LogP contribution in [-0.4, -0.2) is 21.3 Å². The van der Waals surface area contributed by atoms with E-state index in [1.807, 2.05) is 60.7 Å². The summed E-state index contributed by atoms with van der Waals surface area (Å²) in [6.45, 7) is 0. The minimum Gasteiger partial charge on any atom is -0.494 e. The first-order chi connectivity index (χ1) is 13.1. The molecule has 3 N–H and O–H groups in total. The fraction of sp³-hybridized carbons (Fsp3) is 0. The van der Waals surface area contributed by atoms with Gasteiger partial charge in [-0.25, -0.2) is 4.79 Å². The molecule has 2 heterocycles. The van der Waals surface area contributed by atoms with Gasteiger partial charge in [-0.1, -0.05) is 60.7 Å². The minimum absolute atomic E-state index is 0.000806. The molecular weight excluding hydrogens is 342 g/mol. The second kappa shape index (κ2) is 6.76. The van der Waals surface area contributed by atoms with E-state index in [0.29, 0.717) is 5.57 Å². The molecule has 6 nitrogen and oxygen atoms in total. The van der Waals surface area contributed by atoms with Gasteiger partial charge in [-0.15, -0.1) is 0 Å². The molecule has 1 aromatic heterocycles. The number of H-pyrrole nitrogens is 2. The van der Waals surface area contributed by atoms with Crippen molar-refractivity contribution in [3.05, 3.63) is 104 Å². The average Bonchev–Trinajstić information content (AvgIpc) is 3.07. The Kier molecular flexibility index (Phi) is 4.14. The second-order valence-corrected chi connectivity index (χ2v) is 5.98. The van der Waals surface area contributed by atoms with Gasteiger partial charge in [-0.05, 0) is 17.2 Å². The second-order valence-electron chi connectivity index (χ2n) is 5.98. The van der Waals surface area contributed by atoms with E-state index in [9.17, 15) is 14.7 Å². The highest BCUT2D eigenvalue weighted by atomic mass is 16.3. The maximum atomic E-state index is 12.3. The lowest BCUT2D eigenvalue weighted by atomic mass is 9.98. The topological polar surface area (TPSA) is 98.3 Å². The van der Waals surface area contributed by atoms with E-state index in [1.54, 1.807) is 12.3 Å². The molecule has 0 unspecified atom stereocenters. The monoisotopic (exact) mass is 357 g/mol. The van der Waals surface area contributed by atoms with Crippen LogP contribution in [0.25, 0.3) is 11.1 Å². The molecule has 6 heteroatoms. The quantitative estimate of drug-likeness (QED) is 0.672. The van der Waals surface area contributed by atoms with Gasteiger partial charge in [0.1, 0.15) is 5.56 Å². The molecule has 27 heavy (non-hydrogen) atoms. The summed E-state index contributed by atoms with van der Waals surface area (Å²) in [5.41, 5.74) is 2.54. The van der Waals surface area contributed by atoms with Crippen LogP contribution in [0.5, 0.6) is 5.88 Å². The number of benzene rings is 2. The Morgan fingerprint density at radius 3 is 2.48 bits per heavy atom. The third kappa shape index (κ3) is 3.16. The smallest absolute Gasteiger partial charge is 0.328 e. The Morgan fingerprint density at radius 2 is 1.70 bits per heavy atom. The average molecular weight is 357 g/mol. The summed E-state index contributed by atoms with van der Waals surface area (Å²) in [6.07, 6.45) is 5.32. The van der Waals surface area contributed by atoms with Crippen molar-refractivity contribution in [3.63, 3.8) is 0 Å². The number of aromatic hydroxyl groups is 1. The van der Waals surface area contributed by atoms with Gasteiger partial charge < -0.3 is 5.11 Å². The SMILES string of the molecule is O=c1[nH]c(O)c(C(=CC=C2C=Nc3ccccc32)c2ccccc2)c(=O)[nH]1. The van der Waals surface area contributed by atoms with Crippen LogP contribution in [0.4, 0.5) is 5.69 Å². The summed E-state index contributed by atoms with van der Waals surface area (Å²) in [5.74, 6) is -0.474. The molecule has 1 aliphatic heterocycles. The molecule has 0 spiro atoms. The van der Waals surface area contributed by atoms with Gasteiger partial charge in [-0.2, -0.15) is 0 Å². The molecule has 0 saturated heterocycles. The van der Waals surface area contributed by atoms with Gasteiger partial charge in [0.15, 0.2) is 0 Å². The number of aromatic nitrogens is 2. The summed E-state index contributed by atoms with van der Waals surface area (Å²) in [4.78, 5) is 32.5. The number of rotatable bonds is 3. The fourth-order valence-electron chi connectivity index (χ4n) is 3.01. The predicted octanol–water partition coefficient (Wildman–Crippen LogP) is 3.00. The normalized spacial score (nSPS) is 14.5. The summed E-state index contributed by atoms with van der Waals surface area (Å²) >= 11 is 0. The number of allylic oxidation sites excluding steroid dienone is 3. The van der Waals surface area contributed by atoms with Crippen molar-refractivity contribution >= 4 is 23.0 Å². The number of hydrogen-bond acceptors (Lipinski definition) is 4. The maximum absolute atomic E-state index is 12.3. The van der Waals surface area contributed by atoms with Crippen molar-refractivity contribution in [2.24, 2.45) is 4.99 Å². The zero-order valence-electron chi connectivity index (χ0n) is 14.1.